The molecule has 2 fully saturated rings. The minimum absolute atomic E-state index is 0.0165. The molecule has 6 nitrogen and oxygen atoms in total. The second-order valence-corrected chi connectivity index (χ2v) is 8.66. The summed E-state index contributed by atoms with van der Waals surface area (Å²) in [7, 11) is -3.04. The van der Waals surface area contributed by atoms with E-state index in [-0.39, 0.29) is 42.3 Å². The zero-order chi connectivity index (χ0) is 16.6. The molecular weight excluding hydrogens is 340 g/mol. The van der Waals surface area contributed by atoms with Gasteiger partial charge in [0.1, 0.15) is 0 Å². The molecule has 3 rings (SSSR count). The van der Waals surface area contributed by atoms with E-state index < -0.39 is 15.8 Å². The van der Waals surface area contributed by atoms with Crippen LogP contribution in [0.5, 0.6) is 0 Å². The number of anilines is 1. The van der Waals surface area contributed by atoms with E-state index in [0.717, 1.165) is 0 Å². The summed E-state index contributed by atoms with van der Waals surface area (Å²) >= 11 is 5.94. The van der Waals surface area contributed by atoms with E-state index in [0.29, 0.717) is 17.1 Å². The fourth-order valence-corrected chi connectivity index (χ4v) is 4.86. The van der Waals surface area contributed by atoms with Crippen LogP contribution < -0.4 is 10.2 Å². The molecule has 0 saturated carbocycles. The van der Waals surface area contributed by atoms with Crippen LogP contribution >= 0.6 is 11.6 Å². The molecule has 0 spiro atoms. The first-order valence-electron chi connectivity index (χ1n) is 7.41. The standard InChI is InChI=1S/C15H17ClN2O4S/c16-11-2-1-3-13(7-11)18-8-10(6-14(18)19)15(20)17-12-4-5-23(21,22)9-12/h1-3,7,10,12H,4-6,8-9H2,(H,17,20)/t10-,12+/m0/s1. The average molecular weight is 357 g/mol. The maximum absolute atomic E-state index is 12.3. The van der Waals surface area contributed by atoms with Crippen molar-refractivity contribution in [1.82, 2.24) is 5.32 Å². The van der Waals surface area contributed by atoms with Crippen LogP contribution in [0.3, 0.4) is 0 Å². The molecule has 2 aliphatic rings. The number of nitrogens with one attached hydrogen (secondary N) is 1. The lowest BCUT2D eigenvalue weighted by Gasteiger charge is -2.18. The number of hydrogen-bond acceptors (Lipinski definition) is 4. The number of amides is 2. The van der Waals surface area contributed by atoms with Gasteiger partial charge < -0.3 is 10.2 Å². The Kier molecular flexibility index (Phi) is 4.33. The number of hydrogen-bond donors (Lipinski definition) is 1. The van der Waals surface area contributed by atoms with Gasteiger partial charge in [-0.2, -0.15) is 0 Å². The molecule has 23 heavy (non-hydrogen) atoms. The van der Waals surface area contributed by atoms with E-state index in [1.807, 2.05) is 0 Å². The SMILES string of the molecule is O=C(N[C@@H]1CCS(=O)(=O)C1)[C@H]1CC(=O)N(c2cccc(Cl)c2)C1. The zero-order valence-corrected chi connectivity index (χ0v) is 13.9. The van der Waals surface area contributed by atoms with Crippen LogP contribution in [0, 0.1) is 5.92 Å². The summed E-state index contributed by atoms with van der Waals surface area (Å²) in [6.45, 7) is 0.282. The summed E-state index contributed by atoms with van der Waals surface area (Å²) in [4.78, 5) is 26.0. The third kappa shape index (κ3) is 3.67. The molecule has 0 aliphatic carbocycles. The van der Waals surface area contributed by atoms with Crippen LogP contribution in [0.25, 0.3) is 0 Å². The molecular formula is C15H17ClN2O4S. The molecule has 2 aliphatic heterocycles. The first kappa shape index (κ1) is 16.3. The summed E-state index contributed by atoms with van der Waals surface area (Å²) in [5.41, 5.74) is 0.668. The van der Waals surface area contributed by atoms with Gasteiger partial charge in [0, 0.05) is 29.7 Å². The van der Waals surface area contributed by atoms with Crippen molar-refractivity contribution in [3.63, 3.8) is 0 Å². The van der Waals surface area contributed by atoms with Crippen LogP contribution in [0.1, 0.15) is 12.8 Å². The van der Waals surface area contributed by atoms with E-state index in [4.69, 9.17) is 11.6 Å². The van der Waals surface area contributed by atoms with Crippen LogP contribution in [0.15, 0.2) is 24.3 Å². The molecule has 8 heteroatoms. The van der Waals surface area contributed by atoms with Crippen molar-refractivity contribution in [3.8, 4) is 0 Å². The predicted octanol–water partition coefficient (Wildman–Crippen LogP) is 0.996. The van der Waals surface area contributed by atoms with Gasteiger partial charge in [-0.05, 0) is 24.6 Å². The fourth-order valence-electron chi connectivity index (χ4n) is 3.00. The Bertz CT molecular complexity index is 750. The smallest absolute Gasteiger partial charge is 0.227 e. The highest BCUT2D eigenvalue weighted by Gasteiger charge is 2.37. The Labute approximate surface area is 139 Å². The van der Waals surface area contributed by atoms with Gasteiger partial charge >= 0.3 is 0 Å². The molecule has 2 heterocycles. The van der Waals surface area contributed by atoms with Crippen LogP contribution in [-0.4, -0.2) is 44.3 Å². The van der Waals surface area contributed by atoms with E-state index in [2.05, 4.69) is 5.32 Å². The van der Waals surface area contributed by atoms with E-state index in [1.54, 1.807) is 29.2 Å². The Morgan fingerprint density at radius 2 is 2.13 bits per heavy atom. The average Bonchev–Trinajstić information content (AvgIpc) is 3.01. The Hall–Kier alpha value is -1.60. The highest BCUT2D eigenvalue weighted by molar-refractivity contribution is 7.91. The predicted molar refractivity (Wildman–Crippen MR) is 87.1 cm³/mol. The topological polar surface area (TPSA) is 83.5 Å². The highest BCUT2D eigenvalue weighted by atomic mass is 35.5. The third-order valence-corrected chi connectivity index (χ3v) is 6.20. The summed E-state index contributed by atoms with van der Waals surface area (Å²) in [5, 5.41) is 3.28. The molecule has 1 N–H and O–H groups in total. The number of sulfone groups is 1. The lowest BCUT2D eigenvalue weighted by atomic mass is 10.1. The summed E-state index contributed by atoms with van der Waals surface area (Å²) < 4.78 is 22.9. The van der Waals surface area contributed by atoms with Crippen molar-refractivity contribution in [2.24, 2.45) is 5.92 Å². The molecule has 1 aromatic carbocycles. The van der Waals surface area contributed by atoms with Gasteiger partial charge in [-0.15, -0.1) is 0 Å². The summed E-state index contributed by atoms with van der Waals surface area (Å²) in [6.07, 6.45) is 0.560. The molecule has 0 aromatic heterocycles. The van der Waals surface area contributed by atoms with Crippen LogP contribution in [0.2, 0.25) is 5.02 Å². The van der Waals surface area contributed by atoms with Crippen molar-refractivity contribution >= 4 is 38.9 Å². The third-order valence-electron chi connectivity index (χ3n) is 4.19. The quantitative estimate of drug-likeness (QED) is 0.875. The van der Waals surface area contributed by atoms with Crippen molar-refractivity contribution in [1.29, 1.82) is 0 Å². The fraction of sp³-hybridized carbons (Fsp3) is 0.467. The zero-order valence-electron chi connectivity index (χ0n) is 12.4. The molecule has 0 unspecified atom stereocenters. The molecule has 0 radical (unpaired) electrons. The normalized spacial score (nSPS) is 26.5. The Morgan fingerprint density at radius 1 is 1.35 bits per heavy atom. The number of carbonyl (C=O) groups is 2. The monoisotopic (exact) mass is 356 g/mol. The van der Waals surface area contributed by atoms with Crippen molar-refractivity contribution < 1.29 is 18.0 Å². The first-order chi connectivity index (χ1) is 10.8. The lowest BCUT2D eigenvalue weighted by molar-refractivity contribution is -0.126. The van der Waals surface area contributed by atoms with Crippen molar-refractivity contribution in [3.05, 3.63) is 29.3 Å². The molecule has 2 saturated heterocycles. The highest BCUT2D eigenvalue weighted by Crippen LogP contribution is 2.27. The number of carbonyl (C=O) groups excluding carboxylic acids is 2. The van der Waals surface area contributed by atoms with Gasteiger partial charge in [-0.1, -0.05) is 17.7 Å². The van der Waals surface area contributed by atoms with Crippen molar-refractivity contribution in [2.45, 2.75) is 18.9 Å². The van der Waals surface area contributed by atoms with Gasteiger partial charge in [0.25, 0.3) is 0 Å². The van der Waals surface area contributed by atoms with E-state index in [1.165, 1.54) is 0 Å². The molecule has 0 bridgehead atoms. The van der Waals surface area contributed by atoms with Crippen LogP contribution in [-0.2, 0) is 19.4 Å². The van der Waals surface area contributed by atoms with Gasteiger partial charge in [0.2, 0.25) is 11.8 Å². The first-order valence-corrected chi connectivity index (χ1v) is 9.61. The van der Waals surface area contributed by atoms with Gasteiger partial charge in [-0.25, -0.2) is 8.42 Å². The maximum atomic E-state index is 12.3. The molecule has 124 valence electrons. The van der Waals surface area contributed by atoms with E-state index >= 15 is 0 Å². The summed E-state index contributed by atoms with van der Waals surface area (Å²) in [6, 6.07) is 6.58. The second kappa shape index (κ2) is 6.13. The number of halogens is 1. The summed E-state index contributed by atoms with van der Waals surface area (Å²) in [5.74, 6) is -0.769. The number of nitrogens with zero attached hydrogens (tertiary/aromatic N) is 1. The Balaban J connectivity index is 1.64. The van der Waals surface area contributed by atoms with Crippen LogP contribution in [0.4, 0.5) is 5.69 Å². The molecule has 2 atom stereocenters. The molecule has 2 amide bonds. The second-order valence-electron chi connectivity index (χ2n) is 5.99. The van der Waals surface area contributed by atoms with Crippen molar-refractivity contribution in [2.75, 3.05) is 23.0 Å². The number of rotatable bonds is 3. The van der Waals surface area contributed by atoms with E-state index in [9.17, 15) is 18.0 Å². The minimum atomic E-state index is -3.04. The largest absolute Gasteiger partial charge is 0.352 e. The van der Waals surface area contributed by atoms with Gasteiger partial charge in [0.05, 0.1) is 17.4 Å². The number of benzene rings is 1. The maximum Gasteiger partial charge on any atom is 0.227 e. The lowest BCUT2D eigenvalue weighted by Crippen LogP contribution is -2.40. The Morgan fingerprint density at radius 3 is 2.78 bits per heavy atom. The van der Waals surface area contributed by atoms with Gasteiger partial charge in [0.15, 0.2) is 9.84 Å². The molecule has 1 aromatic rings. The minimum Gasteiger partial charge on any atom is -0.352 e. The van der Waals surface area contributed by atoms with Gasteiger partial charge in [-0.3, -0.25) is 9.59 Å².